The van der Waals surface area contributed by atoms with Crippen LogP contribution in [-0.2, 0) is 6.54 Å². The molecule has 0 aliphatic heterocycles. The number of nitrogens with zero attached hydrogens (tertiary/aromatic N) is 2. The molecule has 1 aromatic carbocycles. The summed E-state index contributed by atoms with van der Waals surface area (Å²) in [6.07, 6.45) is 1.57. The van der Waals surface area contributed by atoms with Crippen LogP contribution in [0.3, 0.4) is 0 Å². The van der Waals surface area contributed by atoms with Crippen LogP contribution in [0.15, 0.2) is 51.0 Å². The van der Waals surface area contributed by atoms with Gasteiger partial charge in [0.15, 0.2) is 5.16 Å². The summed E-state index contributed by atoms with van der Waals surface area (Å²) in [6.45, 7) is 3.71. The van der Waals surface area contributed by atoms with Gasteiger partial charge in [0.2, 0.25) is 0 Å². The summed E-state index contributed by atoms with van der Waals surface area (Å²) < 4.78 is 6.92. The summed E-state index contributed by atoms with van der Waals surface area (Å²) in [5, 5.41) is 11.5. The van der Waals surface area contributed by atoms with Gasteiger partial charge in [0, 0.05) is 10.8 Å². The second-order valence-corrected chi connectivity index (χ2v) is 7.51. The lowest BCUT2D eigenvalue weighted by molar-refractivity contribution is 0.107. The summed E-state index contributed by atoms with van der Waals surface area (Å²) in [4.78, 5) is 17.4. The zero-order valence-electron chi connectivity index (χ0n) is 13.3. The fourth-order valence-electron chi connectivity index (χ4n) is 2.22. The Hall–Kier alpha value is -1.76. The number of hydrogen-bond donors (Lipinski definition) is 1. The van der Waals surface area contributed by atoms with E-state index >= 15 is 0 Å². The van der Waals surface area contributed by atoms with E-state index in [1.165, 1.54) is 11.8 Å². The zero-order chi connectivity index (χ0) is 17.3. The van der Waals surface area contributed by atoms with E-state index in [9.17, 15) is 9.90 Å². The molecule has 0 spiro atoms. The van der Waals surface area contributed by atoms with E-state index in [-0.39, 0.29) is 12.1 Å². The Morgan fingerprint density at radius 3 is 2.83 bits per heavy atom. The Bertz CT molecular complexity index is 914. The maximum Gasteiger partial charge on any atom is 0.262 e. The van der Waals surface area contributed by atoms with Crippen LogP contribution < -0.4 is 5.56 Å². The number of rotatable bonds is 5. The third-order valence-corrected chi connectivity index (χ3v) is 4.99. The topological polar surface area (TPSA) is 68.3 Å². The third-order valence-electron chi connectivity index (χ3n) is 3.33. The van der Waals surface area contributed by atoms with Gasteiger partial charge in [-0.3, -0.25) is 9.36 Å². The van der Waals surface area contributed by atoms with Crippen molar-refractivity contribution >= 4 is 34.3 Å². The molecular weight excluding hydrogens is 348 g/mol. The standard InChI is InChI=1S/C17H17ClN2O3S/c1-17(2,22)10-24-16-19-14-8-11(18)5-6-13(14)15(21)20(16)9-12-4-3-7-23-12/h3-8,22H,9-10H2,1-2H3. The van der Waals surface area contributed by atoms with Gasteiger partial charge in [-0.1, -0.05) is 23.4 Å². The van der Waals surface area contributed by atoms with E-state index < -0.39 is 5.60 Å². The highest BCUT2D eigenvalue weighted by Crippen LogP contribution is 2.24. The average Bonchev–Trinajstić information content (AvgIpc) is 3.00. The van der Waals surface area contributed by atoms with E-state index in [2.05, 4.69) is 4.98 Å². The lowest BCUT2D eigenvalue weighted by Gasteiger charge is -2.18. The van der Waals surface area contributed by atoms with Gasteiger partial charge >= 0.3 is 0 Å². The molecule has 2 heterocycles. The number of fused-ring (bicyclic) bond motifs is 1. The van der Waals surface area contributed by atoms with Gasteiger partial charge in [0.05, 0.1) is 29.3 Å². The molecule has 3 rings (SSSR count). The third kappa shape index (κ3) is 3.83. The number of aromatic nitrogens is 2. The van der Waals surface area contributed by atoms with E-state index in [4.69, 9.17) is 16.0 Å². The van der Waals surface area contributed by atoms with Crippen LogP contribution in [0.2, 0.25) is 5.02 Å². The van der Waals surface area contributed by atoms with Crippen molar-refractivity contribution in [2.24, 2.45) is 0 Å². The Labute approximate surface area is 148 Å². The number of halogens is 1. The zero-order valence-corrected chi connectivity index (χ0v) is 14.9. The minimum absolute atomic E-state index is 0.161. The first kappa shape index (κ1) is 17.1. The first-order valence-corrected chi connectivity index (χ1v) is 8.77. The molecule has 0 atom stereocenters. The maximum atomic E-state index is 12.9. The molecule has 7 heteroatoms. The van der Waals surface area contributed by atoms with Crippen LogP contribution in [0.1, 0.15) is 19.6 Å². The molecule has 2 aromatic heterocycles. The molecule has 1 N–H and O–H groups in total. The molecule has 126 valence electrons. The van der Waals surface area contributed by atoms with Crippen LogP contribution >= 0.6 is 23.4 Å². The van der Waals surface area contributed by atoms with Gasteiger partial charge in [0.25, 0.3) is 5.56 Å². The quantitative estimate of drug-likeness (QED) is 0.554. The van der Waals surface area contributed by atoms with Crippen molar-refractivity contribution in [1.82, 2.24) is 9.55 Å². The van der Waals surface area contributed by atoms with E-state index in [1.54, 1.807) is 48.9 Å². The van der Waals surface area contributed by atoms with E-state index in [0.717, 1.165) is 0 Å². The predicted molar refractivity (Wildman–Crippen MR) is 95.8 cm³/mol. The van der Waals surface area contributed by atoms with Gasteiger partial charge in [-0.25, -0.2) is 4.98 Å². The molecule has 0 radical (unpaired) electrons. The van der Waals surface area contributed by atoms with Crippen LogP contribution in [0, 0.1) is 0 Å². The molecule has 3 aromatic rings. The molecule has 0 aliphatic rings. The lowest BCUT2D eigenvalue weighted by atomic mass is 10.2. The van der Waals surface area contributed by atoms with Gasteiger partial charge in [-0.15, -0.1) is 0 Å². The maximum absolute atomic E-state index is 12.9. The van der Waals surface area contributed by atoms with Crippen molar-refractivity contribution in [3.8, 4) is 0 Å². The smallest absolute Gasteiger partial charge is 0.262 e. The van der Waals surface area contributed by atoms with E-state index in [0.29, 0.717) is 32.6 Å². The first-order valence-electron chi connectivity index (χ1n) is 7.41. The highest BCUT2D eigenvalue weighted by atomic mass is 35.5. The molecule has 0 amide bonds. The molecule has 5 nitrogen and oxygen atoms in total. The fourth-order valence-corrected chi connectivity index (χ4v) is 3.34. The van der Waals surface area contributed by atoms with Crippen molar-refractivity contribution in [3.63, 3.8) is 0 Å². The van der Waals surface area contributed by atoms with Crippen LogP contribution in [-0.4, -0.2) is 26.0 Å². The monoisotopic (exact) mass is 364 g/mol. The van der Waals surface area contributed by atoms with Gasteiger partial charge in [0.1, 0.15) is 5.76 Å². The number of benzene rings is 1. The van der Waals surface area contributed by atoms with Gasteiger partial charge in [-0.2, -0.15) is 0 Å². The lowest BCUT2D eigenvalue weighted by Crippen LogP contribution is -2.26. The van der Waals surface area contributed by atoms with Crippen molar-refractivity contribution < 1.29 is 9.52 Å². The minimum atomic E-state index is -0.874. The summed E-state index contributed by atoms with van der Waals surface area (Å²) in [5.41, 5.74) is -0.492. The largest absolute Gasteiger partial charge is 0.467 e. The molecule has 0 fully saturated rings. The Kier molecular flexibility index (Phi) is 4.71. The molecule has 0 bridgehead atoms. The predicted octanol–water partition coefficient (Wildman–Crippen LogP) is 3.55. The molecule has 24 heavy (non-hydrogen) atoms. The second kappa shape index (κ2) is 6.63. The van der Waals surface area contributed by atoms with Crippen molar-refractivity contribution in [1.29, 1.82) is 0 Å². The molecular formula is C17H17ClN2O3S. The fraction of sp³-hybridized carbons (Fsp3) is 0.294. The number of hydrogen-bond acceptors (Lipinski definition) is 5. The normalized spacial score (nSPS) is 12.0. The van der Waals surface area contributed by atoms with Gasteiger partial charge < -0.3 is 9.52 Å². The number of furan rings is 1. The van der Waals surface area contributed by atoms with Gasteiger partial charge in [-0.05, 0) is 44.2 Å². The molecule has 0 saturated heterocycles. The van der Waals surface area contributed by atoms with Crippen molar-refractivity contribution in [2.45, 2.75) is 31.1 Å². The SMILES string of the molecule is CC(C)(O)CSc1nc2cc(Cl)ccc2c(=O)n1Cc1ccco1. The van der Waals surface area contributed by atoms with E-state index in [1.807, 2.05) is 6.07 Å². The van der Waals surface area contributed by atoms with Crippen LogP contribution in [0.5, 0.6) is 0 Å². The molecule has 0 unspecified atom stereocenters. The van der Waals surface area contributed by atoms with Crippen molar-refractivity contribution in [3.05, 3.63) is 57.7 Å². The number of aliphatic hydroxyl groups is 1. The summed E-state index contributed by atoms with van der Waals surface area (Å²) >= 11 is 7.35. The Balaban J connectivity index is 2.11. The Morgan fingerprint density at radius 2 is 2.17 bits per heavy atom. The molecule has 0 aliphatic carbocycles. The molecule has 0 saturated carbocycles. The summed E-state index contributed by atoms with van der Waals surface area (Å²) in [5.74, 6) is 1.07. The highest BCUT2D eigenvalue weighted by Gasteiger charge is 2.18. The first-order chi connectivity index (χ1) is 11.3. The second-order valence-electron chi connectivity index (χ2n) is 6.13. The Morgan fingerprint density at radius 1 is 1.38 bits per heavy atom. The average molecular weight is 365 g/mol. The van der Waals surface area contributed by atoms with Crippen LogP contribution in [0.25, 0.3) is 10.9 Å². The number of thioether (sulfide) groups is 1. The minimum Gasteiger partial charge on any atom is -0.467 e. The summed E-state index contributed by atoms with van der Waals surface area (Å²) in [6, 6.07) is 8.61. The van der Waals surface area contributed by atoms with Crippen LogP contribution in [0.4, 0.5) is 0 Å². The summed E-state index contributed by atoms with van der Waals surface area (Å²) in [7, 11) is 0. The van der Waals surface area contributed by atoms with Crippen molar-refractivity contribution in [2.75, 3.05) is 5.75 Å². The highest BCUT2D eigenvalue weighted by molar-refractivity contribution is 7.99.